The fourth-order valence-electron chi connectivity index (χ4n) is 7.55. The van der Waals surface area contributed by atoms with Gasteiger partial charge in [0, 0.05) is 38.3 Å². The summed E-state index contributed by atoms with van der Waals surface area (Å²) in [5.74, 6) is 0.808. The van der Waals surface area contributed by atoms with Crippen LogP contribution in [0, 0.1) is 18.8 Å². The molecule has 8 nitrogen and oxygen atoms in total. The fraction of sp³-hybridized carbons (Fsp3) is 0.606. The predicted molar refractivity (Wildman–Crippen MR) is 159 cm³/mol. The highest BCUT2D eigenvalue weighted by Gasteiger charge is 2.48. The minimum atomic E-state index is -0.925. The van der Waals surface area contributed by atoms with Crippen molar-refractivity contribution < 1.29 is 29.3 Å². The van der Waals surface area contributed by atoms with E-state index in [1.165, 1.54) is 50.4 Å². The molecule has 2 aromatic rings. The molecule has 1 amide bonds. The predicted octanol–water partition coefficient (Wildman–Crippen LogP) is 3.99. The molecule has 0 aromatic heterocycles. The molecular weight excluding hydrogens is 518 g/mol. The van der Waals surface area contributed by atoms with E-state index >= 15 is 0 Å². The van der Waals surface area contributed by atoms with Crippen LogP contribution in [0.2, 0.25) is 0 Å². The number of nitrogens with zero attached hydrogens (tertiary/aromatic N) is 1. The highest BCUT2D eigenvalue weighted by Crippen LogP contribution is 2.43. The molecule has 4 aliphatic rings. The van der Waals surface area contributed by atoms with E-state index in [9.17, 15) is 20.1 Å². The number of aliphatic hydroxyl groups excluding tert-OH is 1. The van der Waals surface area contributed by atoms with Gasteiger partial charge in [0.25, 0.3) is 0 Å². The third-order valence-electron chi connectivity index (χ3n) is 10.1. The van der Waals surface area contributed by atoms with Gasteiger partial charge in [0.1, 0.15) is 24.0 Å². The van der Waals surface area contributed by atoms with Gasteiger partial charge in [-0.15, -0.1) is 0 Å². The van der Waals surface area contributed by atoms with Gasteiger partial charge >= 0.3 is 0 Å². The fourth-order valence-corrected chi connectivity index (χ4v) is 7.55. The molecule has 8 heteroatoms. The van der Waals surface area contributed by atoms with Crippen molar-refractivity contribution in [3.63, 3.8) is 0 Å². The second-order valence-electron chi connectivity index (χ2n) is 12.8. The average molecular weight is 567 g/mol. The third kappa shape index (κ3) is 6.95. The maximum absolute atomic E-state index is 12.1. The number of anilines is 1. The first-order valence-corrected chi connectivity index (χ1v) is 15.5. The van der Waals surface area contributed by atoms with Crippen molar-refractivity contribution in [3.05, 3.63) is 59.2 Å². The van der Waals surface area contributed by atoms with Gasteiger partial charge in [0.05, 0.1) is 38.0 Å². The summed E-state index contributed by atoms with van der Waals surface area (Å²) in [7, 11) is 0. The SMILES string of the molecule is Cc1cccc(C(O)(CO[C@H]2C[N+]3(CCCNC[C@H](O)c4ccc(O)c(NC=O)c4)CCC2CC3)C2CCCC2)c1. The standard InChI is InChI=1S/C33H47N3O5/c1-24-6-4-9-28(18-24)33(40,27-7-2-3-8-27)22-41-32-21-36(16-12-25(32)13-17-36)15-5-14-34-20-31(39)26-10-11-30(38)29(19-26)35-23-37/h4,6,9-11,18-19,23,25,27,31-32,34,39-40H,2-3,5,7-8,12-17,20-22H2,1H3,(H-,35,37,38)/p+1/t25?,31-,32-,33?,36?/m0/s1. The van der Waals surface area contributed by atoms with E-state index in [4.69, 9.17) is 4.74 Å². The van der Waals surface area contributed by atoms with E-state index in [1.807, 2.05) is 0 Å². The molecule has 41 heavy (non-hydrogen) atoms. The first-order chi connectivity index (χ1) is 19.8. The van der Waals surface area contributed by atoms with E-state index in [0.717, 1.165) is 48.9 Å². The Hall–Kier alpha value is -2.49. The number of quaternary nitrogens is 1. The second-order valence-corrected chi connectivity index (χ2v) is 12.8. The first kappa shape index (κ1) is 30.0. The van der Waals surface area contributed by atoms with Crippen molar-refractivity contribution in [1.29, 1.82) is 0 Å². The topological polar surface area (TPSA) is 111 Å². The molecule has 1 aliphatic carbocycles. The van der Waals surface area contributed by atoms with Crippen molar-refractivity contribution in [2.45, 2.75) is 69.7 Å². The molecule has 1 unspecified atom stereocenters. The quantitative estimate of drug-likeness (QED) is 0.102. The van der Waals surface area contributed by atoms with Gasteiger partial charge in [0.15, 0.2) is 0 Å². The largest absolute Gasteiger partial charge is 0.506 e. The maximum atomic E-state index is 12.1. The van der Waals surface area contributed by atoms with Crippen LogP contribution < -0.4 is 10.6 Å². The number of piperidine rings is 3. The van der Waals surface area contributed by atoms with Crippen molar-refractivity contribution in [2.24, 2.45) is 11.8 Å². The average Bonchev–Trinajstić information content (AvgIpc) is 3.53. The number of hydrogen-bond donors (Lipinski definition) is 5. The van der Waals surface area contributed by atoms with Crippen molar-refractivity contribution in [2.75, 3.05) is 51.2 Å². The van der Waals surface area contributed by atoms with Crippen LogP contribution in [0.4, 0.5) is 5.69 Å². The molecule has 3 saturated heterocycles. The first-order valence-electron chi connectivity index (χ1n) is 15.5. The lowest BCUT2D eigenvalue weighted by Gasteiger charge is -2.53. The monoisotopic (exact) mass is 566 g/mol. The number of fused-ring (bicyclic) bond motifs is 3. The van der Waals surface area contributed by atoms with Gasteiger partial charge in [-0.25, -0.2) is 0 Å². The number of benzene rings is 2. The Labute approximate surface area is 244 Å². The zero-order chi connectivity index (χ0) is 28.9. The van der Waals surface area contributed by atoms with Crippen LogP contribution in [0.5, 0.6) is 5.75 Å². The lowest BCUT2D eigenvalue weighted by atomic mass is 9.79. The van der Waals surface area contributed by atoms with Crippen LogP contribution in [-0.2, 0) is 15.1 Å². The number of carbonyl (C=O) groups excluding carboxylic acids is 1. The summed E-state index contributed by atoms with van der Waals surface area (Å²) >= 11 is 0. The molecule has 2 bridgehead atoms. The Morgan fingerprint density at radius 2 is 1.90 bits per heavy atom. The number of aliphatic hydroxyl groups is 2. The smallest absolute Gasteiger partial charge is 0.211 e. The van der Waals surface area contributed by atoms with E-state index in [0.29, 0.717) is 31.0 Å². The van der Waals surface area contributed by atoms with E-state index in [2.05, 4.69) is 41.8 Å². The number of amides is 1. The molecule has 3 heterocycles. The Kier molecular flexibility index (Phi) is 9.66. The molecule has 0 radical (unpaired) electrons. The maximum Gasteiger partial charge on any atom is 0.211 e. The summed E-state index contributed by atoms with van der Waals surface area (Å²) < 4.78 is 7.78. The molecule has 6 rings (SSSR count). The number of rotatable bonds is 14. The van der Waals surface area contributed by atoms with Crippen LogP contribution in [0.15, 0.2) is 42.5 Å². The zero-order valence-electron chi connectivity index (χ0n) is 24.4. The molecular formula is C33H48N3O5+. The molecule has 3 aliphatic heterocycles. The van der Waals surface area contributed by atoms with Crippen LogP contribution in [0.1, 0.15) is 67.7 Å². The molecule has 224 valence electrons. The van der Waals surface area contributed by atoms with Crippen LogP contribution in [0.25, 0.3) is 0 Å². The van der Waals surface area contributed by atoms with Crippen LogP contribution >= 0.6 is 0 Å². The number of ether oxygens (including phenoxy) is 1. The normalized spacial score (nSPS) is 26.5. The number of carbonyl (C=O) groups is 1. The van der Waals surface area contributed by atoms with E-state index in [1.54, 1.807) is 12.1 Å². The van der Waals surface area contributed by atoms with Crippen LogP contribution in [-0.4, -0.2) is 78.2 Å². The Morgan fingerprint density at radius 1 is 1.12 bits per heavy atom. The summed E-state index contributed by atoms with van der Waals surface area (Å²) in [4.78, 5) is 10.7. The van der Waals surface area contributed by atoms with E-state index in [-0.39, 0.29) is 23.5 Å². The van der Waals surface area contributed by atoms with Crippen molar-refractivity contribution >= 4 is 12.1 Å². The van der Waals surface area contributed by atoms with Gasteiger partial charge in [-0.3, -0.25) is 4.79 Å². The van der Waals surface area contributed by atoms with Gasteiger partial charge < -0.3 is 35.2 Å². The molecule has 5 N–H and O–H groups in total. The van der Waals surface area contributed by atoms with Crippen LogP contribution in [0.3, 0.4) is 0 Å². The molecule has 2 aromatic carbocycles. The summed E-state index contributed by atoms with van der Waals surface area (Å²) in [5, 5.41) is 38.3. The number of hydrogen-bond acceptors (Lipinski definition) is 6. The minimum absolute atomic E-state index is 0.0269. The minimum Gasteiger partial charge on any atom is -0.506 e. The lowest BCUT2D eigenvalue weighted by molar-refractivity contribution is -0.946. The second kappa shape index (κ2) is 13.2. The summed E-state index contributed by atoms with van der Waals surface area (Å²) in [6.07, 6.45) is 7.83. The summed E-state index contributed by atoms with van der Waals surface area (Å²) in [5.41, 5.74) is 2.19. The van der Waals surface area contributed by atoms with E-state index < -0.39 is 11.7 Å². The number of phenols is 1. The van der Waals surface area contributed by atoms with Crippen molar-refractivity contribution in [1.82, 2.24) is 5.32 Å². The Morgan fingerprint density at radius 3 is 2.63 bits per heavy atom. The van der Waals surface area contributed by atoms with Gasteiger partial charge in [-0.1, -0.05) is 48.7 Å². The molecule has 4 fully saturated rings. The number of aromatic hydroxyl groups is 1. The highest BCUT2D eigenvalue weighted by molar-refractivity contribution is 5.75. The summed E-state index contributed by atoms with van der Waals surface area (Å²) in [6, 6.07) is 13.1. The van der Waals surface area contributed by atoms with Gasteiger partial charge in [-0.2, -0.15) is 0 Å². The Bertz CT molecular complexity index is 1160. The number of nitrogens with one attached hydrogen (secondary N) is 2. The molecule has 1 saturated carbocycles. The Balaban J connectivity index is 1.12. The zero-order valence-corrected chi connectivity index (χ0v) is 24.4. The molecule has 0 spiro atoms. The number of phenolic OH excluding ortho intramolecular Hbond substituents is 1. The van der Waals surface area contributed by atoms with Crippen molar-refractivity contribution in [3.8, 4) is 5.75 Å². The highest BCUT2D eigenvalue weighted by atomic mass is 16.5. The van der Waals surface area contributed by atoms with Gasteiger partial charge in [-0.05, 0) is 48.9 Å². The lowest BCUT2D eigenvalue weighted by Crippen LogP contribution is -2.65. The summed E-state index contributed by atoms with van der Waals surface area (Å²) in [6.45, 7) is 8.15. The van der Waals surface area contributed by atoms with Gasteiger partial charge in [0.2, 0.25) is 6.41 Å². The molecule has 3 atom stereocenters. The third-order valence-corrected chi connectivity index (χ3v) is 10.1. The number of aryl methyl sites for hydroxylation is 1.